The maximum atomic E-state index is 12.3. The van der Waals surface area contributed by atoms with Gasteiger partial charge in [-0.2, -0.15) is 0 Å². The molecule has 1 aromatic carbocycles. The van der Waals surface area contributed by atoms with E-state index in [0.29, 0.717) is 17.3 Å². The number of esters is 2. The SMILES string of the molecule is CCC(C)OC(=O)c1cccc(Br)c1C(=O)OC(C)CC. The van der Waals surface area contributed by atoms with Gasteiger partial charge in [-0.3, -0.25) is 0 Å². The van der Waals surface area contributed by atoms with Gasteiger partial charge >= 0.3 is 11.9 Å². The maximum Gasteiger partial charge on any atom is 0.340 e. The lowest BCUT2D eigenvalue weighted by atomic mass is 10.1. The fraction of sp³-hybridized carbons (Fsp3) is 0.500. The van der Waals surface area contributed by atoms with Crippen LogP contribution in [0.25, 0.3) is 0 Å². The normalized spacial score (nSPS) is 13.4. The van der Waals surface area contributed by atoms with Crippen LogP contribution in [0.5, 0.6) is 0 Å². The molecule has 2 atom stereocenters. The summed E-state index contributed by atoms with van der Waals surface area (Å²) < 4.78 is 11.1. The van der Waals surface area contributed by atoms with Crippen molar-refractivity contribution in [2.24, 2.45) is 0 Å². The molecule has 2 unspecified atom stereocenters. The minimum absolute atomic E-state index is 0.199. The van der Waals surface area contributed by atoms with Gasteiger partial charge in [0.05, 0.1) is 23.3 Å². The van der Waals surface area contributed by atoms with E-state index < -0.39 is 11.9 Å². The highest BCUT2D eigenvalue weighted by Crippen LogP contribution is 2.23. The molecule has 0 heterocycles. The van der Waals surface area contributed by atoms with Crippen molar-refractivity contribution < 1.29 is 19.1 Å². The third-order valence-corrected chi connectivity index (χ3v) is 3.86. The largest absolute Gasteiger partial charge is 0.459 e. The lowest BCUT2D eigenvalue weighted by Gasteiger charge is -2.16. The van der Waals surface area contributed by atoms with Crippen LogP contribution in [-0.2, 0) is 9.47 Å². The lowest BCUT2D eigenvalue weighted by Crippen LogP contribution is -2.20. The third-order valence-electron chi connectivity index (χ3n) is 3.20. The quantitative estimate of drug-likeness (QED) is 0.710. The Morgan fingerprint density at radius 3 is 2.10 bits per heavy atom. The van der Waals surface area contributed by atoms with Crippen molar-refractivity contribution in [3.8, 4) is 0 Å². The molecule has 5 heteroatoms. The highest BCUT2D eigenvalue weighted by Gasteiger charge is 2.24. The summed E-state index contributed by atoms with van der Waals surface area (Å²) in [5.41, 5.74) is 0.434. The van der Waals surface area contributed by atoms with Crippen molar-refractivity contribution in [3.05, 3.63) is 33.8 Å². The van der Waals surface area contributed by atoms with Crippen LogP contribution in [-0.4, -0.2) is 24.1 Å². The van der Waals surface area contributed by atoms with E-state index in [1.54, 1.807) is 18.2 Å². The van der Waals surface area contributed by atoms with E-state index in [2.05, 4.69) is 15.9 Å². The average molecular weight is 357 g/mol. The van der Waals surface area contributed by atoms with Crippen molar-refractivity contribution >= 4 is 27.9 Å². The number of benzene rings is 1. The summed E-state index contributed by atoms with van der Waals surface area (Å²) >= 11 is 3.30. The summed E-state index contributed by atoms with van der Waals surface area (Å²) in [6.07, 6.45) is 1.02. The van der Waals surface area contributed by atoms with Crippen molar-refractivity contribution in [1.82, 2.24) is 0 Å². The van der Waals surface area contributed by atoms with E-state index in [1.165, 1.54) is 0 Å². The molecule has 0 aliphatic rings. The van der Waals surface area contributed by atoms with Crippen LogP contribution in [0.1, 0.15) is 61.3 Å². The summed E-state index contributed by atoms with van der Waals surface area (Å²) in [4.78, 5) is 24.5. The molecule has 0 saturated heterocycles. The van der Waals surface area contributed by atoms with Crippen molar-refractivity contribution in [3.63, 3.8) is 0 Å². The molecule has 0 radical (unpaired) electrons. The molecular formula is C16H21BrO4. The molecule has 1 aromatic rings. The first-order valence-corrected chi connectivity index (χ1v) is 7.90. The molecule has 0 saturated carbocycles. The molecule has 4 nitrogen and oxygen atoms in total. The van der Waals surface area contributed by atoms with Crippen LogP contribution in [0.2, 0.25) is 0 Å². The second-order valence-corrected chi connectivity index (χ2v) is 5.77. The number of rotatable bonds is 6. The minimum atomic E-state index is -0.520. The van der Waals surface area contributed by atoms with Gasteiger partial charge in [0.2, 0.25) is 0 Å². The molecule has 0 N–H and O–H groups in total. The number of carbonyl (C=O) groups is 2. The number of halogens is 1. The molecule has 0 aliphatic heterocycles. The van der Waals surface area contributed by atoms with Gasteiger partial charge in [-0.1, -0.05) is 19.9 Å². The Balaban J connectivity index is 3.08. The first kappa shape index (κ1) is 17.7. The summed E-state index contributed by atoms with van der Waals surface area (Å²) in [7, 11) is 0. The van der Waals surface area contributed by atoms with Crippen LogP contribution >= 0.6 is 15.9 Å². The van der Waals surface area contributed by atoms with Crippen molar-refractivity contribution in [1.29, 1.82) is 0 Å². The molecule has 116 valence electrons. The van der Waals surface area contributed by atoms with Gasteiger partial charge in [0.25, 0.3) is 0 Å². The second kappa shape index (κ2) is 8.17. The molecule has 0 aliphatic carbocycles. The van der Waals surface area contributed by atoms with Crippen molar-refractivity contribution in [2.75, 3.05) is 0 Å². The van der Waals surface area contributed by atoms with E-state index in [9.17, 15) is 9.59 Å². The summed E-state index contributed by atoms with van der Waals surface area (Å²) in [5.74, 6) is -1.03. The van der Waals surface area contributed by atoms with Gasteiger partial charge in [0, 0.05) is 4.47 Å². The Labute approximate surface area is 133 Å². The molecule has 21 heavy (non-hydrogen) atoms. The van der Waals surface area contributed by atoms with E-state index in [4.69, 9.17) is 9.47 Å². The molecule has 0 aromatic heterocycles. The van der Waals surface area contributed by atoms with Gasteiger partial charge < -0.3 is 9.47 Å². The van der Waals surface area contributed by atoms with Crippen LogP contribution in [0, 0.1) is 0 Å². The average Bonchev–Trinajstić information content (AvgIpc) is 2.46. The van der Waals surface area contributed by atoms with Crippen LogP contribution < -0.4 is 0 Å². The standard InChI is InChI=1S/C16H21BrO4/c1-5-10(3)20-15(18)12-8-7-9-13(17)14(12)16(19)21-11(4)6-2/h7-11H,5-6H2,1-4H3. The second-order valence-electron chi connectivity index (χ2n) is 4.91. The van der Waals surface area contributed by atoms with E-state index >= 15 is 0 Å². The molecule has 0 bridgehead atoms. The first-order valence-electron chi connectivity index (χ1n) is 7.11. The predicted octanol–water partition coefficient (Wildman–Crippen LogP) is 4.36. The zero-order valence-corrected chi connectivity index (χ0v) is 14.4. The van der Waals surface area contributed by atoms with Gasteiger partial charge in [-0.05, 0) is 54.8 Å². The number of hydrogen-bond donors (Lipinski definition) is 0. The van der Waals surface area contributed by atoms with Gasteiger partial charge in [-0.15, -0.1) is 0 Å². The lowest BCUT2D eigenvalue weighted by molar-refractivity contribution is 0.0284. The fourth-order valence-corrected chi connectivity index (χ4v) is 2.08. The number of carbonyl (C=O) groups excluding carboxylic acids is 2. The topological polar surface area (TPSA) is 52.6 Å². The third kappa shape index (κ3) is 4.84. The molecule has 1 rings (SSSR count). The van der Waals surface area contributed by atoms with E-state index in [-0.39, 0.29) is 23.3 Å². The number of ether oxygens (including phenoxy) is 2. The van der Waals surface area contributed by atoms with E-state index in [0.717, 1.165) is 0 Å². The molecular weight excluding hydrogens is 336 g/mol. The minimum Gasteiger partial charge on any atom is -0.459 e. The Kier molecular flexibility index (Phi) is 6.89. The first-order chi connectivity index (χ1) is 9.90. The zero-order chi connectivity index (χ0) is 16.0. The Bertz CT molecular complexity index is 513. The Morgan fingerprint density at radius 1 is 1.05 bits per heavy atom. The smallest absolute Gasteiger partial charge is 0.340 e. The molecule has 0 fully saturated rings. The predicted molar refractivity (Wildman–Crippen MR) is 84.5 cm³/mol. The Morgan fingerprint density at radius 2 is 1.57 bits per heavy atom. The van der Waals surface area contributed by atoms with Gasteiger partial charge in [-0.25, -0.2) is 9.59 Å². The maximum absolute atomic E-state index is 12.3. The van der Waals surface area contributed by atoms with E-state index in [1.807, 2.05) is 27.7 Å². The van der Waals surface area contributed by atoms with Crippen LogP contribution in [0.15, 0.2) is 22.7 Å². The highest BCUT2D eigenvalue weighted by molar-refractivity contribution is 9.10. The summed E-state index contributed by atoms with van der Waals surface area (Å²) in [6.45, 7) is 7.48. The monoisotopic (exact) mass is 356 g/mol. The van der Waals surface area contributed by atoms with Gasteiger partial charge in [0.1, 0.15) is 0 Å². The highest BCUT2D eigenvalue weighted by atomic mass is 79.9. The summed E-state index contributed by atoms with van der Waals surface area (Å²) in [6, 6.07) is 4.97. The van der Waals surface area contributed by atoms with Crippen LogP contribution in [0.4, 0.5) is 0 Å². The number of hydrogen-bond acceptors (Lipinski definition) is 4. The van der Waals surface area contributed by atoms with Crippen LogP contribution in [0.3, 0.4) is 0 Å². The molecule has 0 amide bonds. The fourth-order valence-electron chi connectivity index (χ4n) is 1.56. The zero-order valence-electron chi connectivity index (χ0n) is 12.8. The molecule has 0 spiro atoms. The van der Waals surface area contributed by atoms with Crippen molar-refractivity contribution in [2.45, 2.75) is 52.7 Å². The summed E-state index contributed by atoms with van der Waals surface area (Å²) in [5, 5.41) is 0. The Hall–Kier alpha value is -1.36. The van der Waals surface area contributed by atoms with Gasteiger partial charge in [0.15, 0.2) is 0 Å².